The van der Waals surface area contributed by atoms with Gasteiger partial charge in [-0.15, -0.1) is 0 Å². The van der Waals surface area contributed by atoms with Crippen molar-refractivity contribution in [2.75, 3.05) is 6.54 Å². The van der Waals surface area contributed by atoms with Gasteiger partial charge in [-0.2, -0.15) is 0 Å². The highest BCUT2D eigenvalue weighted by Crippen LogP contribution is 1.98. The van der Waals surface area contributed by atoms with Crippen LogP contribution in [-0.4, -0.2) is 20.5 Å². The highest BCUT2D eigenvalue weighted by atomic mass is 14.9. The first-order chi connectivity index (χ1) is 4.06. The third-order valence-electron chi connectivity index (χ3n) is 1.19. The molecular weight excluding hydrogens is 121 g/mol. The van der Waals surface area contributed by atoms with E-state index in [2.05, 4.69) is 33.0 Å². The largest absolute Gasteiger partial charge is 0.312 e. The van der Waals surface area contributed by atoms with Crippen LogP contribution in [0.5, 0.6) is 0 Å². The topological polar surface area (TPSA) is 12.0 Å². The van der Waals surface area contributed by atoms with Crippen LogP contribution in [0.4, 0.5) is 0 Å². The molecule has 1 nitrogen and oxygen atoms in total. The van der Waals surface area contributed by atoms with Gasteiger partial charge in [0.05, 0.1) is 0 Å². The van der Waals surface area contributed by atoms with Gasteiger partial charge in [-0.25, -0.2) is 0 Å². The molecule has 0 saturated carbocycles. The molecule has 0 rings (SSSR count). The second-order valence-electron chi connectivity index (χ2n) is 3.53. The Bertz CT molecular complexity index is 66.1. The summed E-state index contributed by atoms with van der Waals surface area (Å²) in [6.07, 6.45) is 2.57. The molecule has 0 bridgehead atoms. The first kappa shape index (κ1) is 12.7. The molecule has 0 saturated heterocycles. The zero-order valence-corrected chi connectivity index (χ0v) is 7.70. The Morgan fingerprint density at radius 1 is 1.20 bits per heavy atom. The zero-order chi connectivity index (χ0) is 7.33. The summed E-state index contributed by atoms with van der Waals surface area (Å²) in [5, 5.41) is 3.42. The van der Waals surface area contributed by atoms with Gasteiger partial charge >= 0.3 is 0 Å². The predicted octanol–water partition coefficient (Wildman–Crippen LogP) is 1.79. The Kier molecular flexibility index (Phi) is 7.33. The Balaban J connectivity index is 0. The van der Waals surface area contributed by atoms with E-state index < -0.39 is 0 Å². The van der Waals surface area contributed by atoms with Crippen molar-refractivity contribution < 1.29 is 0 Å². The van der Waals surface area contributed by atoms with E-state index in [4.69, 9.17) is 0 Å². The normalized spacial score (nSPS) is 10.8. The highest BCUT2D eigenvalue weighted by Gasteiger charge is 2.05. The van der Waals surface area contributed by atoms with Gasteiger partial charge < -0.3 is 5.32 Å². The number of unbranched alkanes of at least 4 members (excludes halogenated alkanes) is 1. The van der Waals surface area contributed by atoms with Crippen molar-refractivity contribution in [3.63, 3.8) is 0 Å². The molecule has 0 aliphatic rings. The molecule has 0 spiro atoms. The molecule has 0 aromatic heterocycles. The summed E-state index contributed by atoms with van der Waals surface area (Å²) in [7, 11) is 0. The minimum Gasteiger partial charge on any atom is -0.312 e. The quantitative estimate of drug-likeness (QED) is 0.465. The van der Waals surface area contributed by atoms with Crippen molar-refractivity contribution in [1.82, 2.24) is 5.32 Å². The van der Waals surface area contributed by atoms with Crippen molar-refractivity contribution in [1.29, 1.82) is 0 Å². The molecule has 0 unspecified atom stereocenters. The van der Waals surface area contributed by atoms with Crippen LogP contribution in [0.15, 0.2) is 0 Å². The Hall–Kier alpha value is 0.0249. The maximum Gasteiger partial charge on any atom is 0.00965 e. The molecule has 59 valence electrons. The lowest BCUT2D eigenvalue weighted by Gasteiger charge is -2.19. The van der Waals surface area contributed by atoms with Gasteiger partial charge in [-0.3, -0.25) is 0 Å². The smallest absolute Gasteiger partial charge is 0.00965 e. The maximum absolute atomic E-state index is 3.42. The minimum atomic E-state index is 0. The Morgan fingerprint density at radius 2 is 1.70 bits per heavy atom. The predicted molar refractivity (Wildman–Crippen MR) is 48.4 cm³/mol. The molecule has 1 N–H and O–H groups in total. The van der Waals surface area contributed by atoms with E-state index in [0.717, 1.165) is 6.54 Å². The number of hydrogen-bond donors (Lipinski definition) is 1. The van der Waals surface area contributed by atoms with Gasteiger partial charge in [0, 0.05) is 14.0 Å². The van der Waals surface area contributed by atoms with E-state index in [-0.39, 0.29) is 8.41 Å². The SMILES string of the molecule is CCCCNC(C)(C)C.[B]. The van der Waals surface area contributed by atoms with Gasteiger partial charge in [0.1, 0.15) is 0 Å². The molecule has 3 radical (unpaired) electrons. The van der Waals surface area contributed by atoms with Crippen LogP contribution in [0.1, 0.15) is 40.5 Å². The van der Waals surface area contributed by atoms with E-state index in [0.29, 0.717) is 5.54 Å². The average Bonchev–Trinajstić information content (AvgIpc) is 1.63. The van der Waals surface area contributed by atoms with E-state index >= 15 is 0 Å². The molecular formula is C8H19BN. The fourth-order valence-electron chi connectivity index (χ4n) is 0.640. The highest BCUT2D eigenvalue weighted by molar-refractivity contribution is 5.75. The molecule has 0 aromatic rings. The van der Waals surface area contributed by atoms with Crippen LogP contribution < -0.4 is 5.32 Å². The van der Waals surface area contributed by atoms with Crippen LogP contribution in [0, 0.1) is 0 Å². The summed E-state index contributed by atoms with van der Waals surface area (Å²) in [6, 6.07) is 0. The first-order valence-electron chi connectivity index (χ1n) is 3.81. The fourth-order valence-corrected chi connectivity index (χ4v) is 0.640. The van der Waals surface area contributed by atoms with Crippen LogP contribution >= 0.6 is 0 Å². The molecule has 10 heavy (non-hydrogen) atoms. The lowest BCUT2D eigenvalue weighted by atomic mass is 10.1. The van der Waals surface area contributed by atoms with E-state index in [1.807, 2.05) is 0 Å². The van der Waals surface area contributed by atoms with Crippen LogP contribution in [0.3, 0.4) is 0 Å². The summed E-state index contributed by atoms with van der Waals surface area (Å²) in [5.41, 5.74) is 0.301. The van der Waals surface area contributed by atoms with Crippen molar-refractivity contribution in [2.24, 2.45) is 0 Å². The maximum atomic E-state index is 3.42. The Labute approximate surface area is 67.2 Å². The Morgan fingerprint density at radius 3 is 2.00 bits per heavy atom. The van der Waals surface area contributed by atoms with Gasteiger partial charge in [0.2, 0.25) is 0 Å². The van der Waals surface area contributed by atoms with Crippen molar-refractivity contribution >= 4 is 8.41 Å². The molecule has 0 aromatic carbocycles. The van der Waals surface area contributed by atoms with Gasteiger partial charge in [0.25, 0.3) is 0 Å². The van der Waals surface area contributed by atoms with Gasteiger partial charge in [-0.05, 0) is 33.7 Å². The number of nitrogens with one attached hydrogen (secondary N) is 1. The number of rotatable bonds is 3. The lowest BCUT2D eigenvalue weighted by Crippen LogP contribution is -2.36. The summed E-state index contributed by atoms with van der Waals surface area (Å²) in [5.74, 6) is 0. The summed E-state index contributed by atoms with van der Waals surface area (Å²) in [4.78, 5) is 0. The second-order valence-corrected chi connectivity index (χ2v) is 3.53. The second kappa shape index (κ2) is 5.78. The van der Waals surface area contributed by atoms with Crippen molar-refractivity contribution in [2.45, 2.75) is 46.1 Å². The molecule has 0 heterocycles. The molecule has 0 atom stereocenters. The standard InChI is InChI=1S/C8H19N.B/c1-5-6-7-9-8(2,3)4;/h9H,5-7H2,1-4H3;. The monoisotopic (exact) mass is 140 g/mol. The molecule has 2 heteroatoms. The number of hydrogen-bond acceptors (Lipinski definition) is 1. The van der Waals surface area contributed by atoms with Gasteiger partial charge in [0.15, 0.2) is 0 Å². The summed E-state index contributed by atoms with van der Waals surface area (Å²) >= 11 is 0. The summed E-state index contributed by atoms with van der Waals surface area (Å²) in [6.45, 7) is 9.96. The molecule has 0 aliphatic heterocycles. The molecule has 0 amide bonds. The first-order valence-corrected chi connectivity index (χ1v) is 3.81. The summed E-state index contributed by atoms with van der Waals surface area (Å²) < 4.78 is 0. The fraction of sp³-hybridized carbons (Fsp3) is 1.00. The van der Waals surface area contributed by atoms with E-state index in [1.54, 1.807) is 0 Å². The van der Waals surface area contributed by atoms with E-state index in [1.165, 1.54) is 12.8 Å². The van der Waals surface area contributed by atoms with Crippen LogP contribution in [0.2, 0.25) is 0 Å². The van der Waals surface area contributed by atoms with E-state index in [9.17, 15) is 0 Å². The average molecular weight is 140 g/mol. The van der Waals surface area contributed by atoms with Crippen LogP contribution in [-0.2, 0) is 0 Å². The minimum absolute atomic E-state index is 0. The van der Waals surface area contributed by atoms with Crippen molar-refractivity contribution in [3.05, 3.63) is 0 Å². The lowest BCUT2D eigenvalue weighted by molar-refractivity contribution is 0.421. The third-order valence-corrected chi connectivity index (χ3v) is 1.19. The van der Waals surface area contributed by atoms with Gasteiger partial charge in [-0.1, -0.05) is 13.3 Å². The zero-order valence-electron chi connectivity index (χ0n) is 7.70. The third kappa shape index (κ3) is 10.9. The molecule has 0 aliphatic carbocycles. The van der Waals surface area contributed by atoms with Crippen molar-refractivity contribution in [3.8, 4) is 0 Å². The molecule has 0 fully saturated rings. The van der Waals surface area contributed by atoms with Crippen LogP contribution in [0.25, 0.3) is 0 Å².